The van der Waals surface area contributed by atoms with E-state index in [4.69, 9.17) is 0 Å². The Morgan fingerprint density at radius 2 is 1.75 bits per heavy atom. The molecule has 3 heteroatoms. The summed E-state index contributed by atoms with van der Waals surface area (Å²) in [6, 6.07) is 0. The molecule has 1 unspecified atom stereocenters. The van der Waals surface area contributed by atoms with Gasteiger partial charge in [-0.15, -0.1) is 0 Å². The van der Waals surface area contributed by atoms with E-state index in [9.17, 15) is 5.11 Å². The Bertz CT molecular complexity index is 158. The second kappa shape index (κ2) is 8.97. The minimum absolute atomic E-state index is 0.618. The third kappa shape index (κ3) is 10.4. The number of hydrogen-bond donors (Lipinski definition) is 2. The van der Waals surface area contributed by atoms with Gasteiger partial charge in [0.2, 0.25) is 0 Å². The molecule has 0 rings (SSSR count). The lowest BCUT2D eigenvalue weighted by Crippen LogP contribution is -2.45. The summed E-state index contributed by atoms with van der Waals surface area (Å²) in [6.45, 7) is 6.52. The lowest BCUT2D eigenvalue weighted by molar-refractivity contribution is 0.0339. The van der Waals surface area contributed by atoms with Gasteiger partial charge in [-0.05, 0) is 34.0 Å². The molecule has 2 N–H and O–H groups in total. The first-order chi connectivity index (χ1) is 7.48. The first kappa shape index (κ1) is 15.9. The molecule has 0 bridgehead atoms. The SMILES string of the molecule is CCCCCCCNCC(C)(O)CN(C)C. The van der Waals surface area contributed by atoms with Crippen LogP contribution in [0.2, 0.25) is 0 Å². The van der Waals surface area contributed by atoms with Crippen molar-refractivity contribution in [3.63, 3.8) is 0 Å². The fraction of sp³-hybridized carbons (Fsp3) is 1.00. The molecule has 0 aromatic carbocycles. The molecule has 0 radical (unpaired) electrons. The van der Waals surface area contributed by atoms with E-state index in [1.807, 2.05) is 25.9 Å². The minimum atomic E-state index is -0.618. The van der Waals surface area contributed by atoms with Crippen molar-refractivity contribution in [2.45, 2.75) is 51.6 Å². The highest BCUT2D eigenvalue weighted by Crippen LogP contribution is 2.04. The summed E-state index contributed by atoms with van der Waals surface area (Å²) in [6.07, 6.45) is 6.50. The number of hydrogen-bond acceptors (Lipinski definition) is 3. The van der Waals surface area contributed by atoms with Crippen LogP contribution in [0.25, 0.3) is 0 Å². The standard InChI is InChI=1S/C13H30N2O/c1-5-6-7-8-9-10-14-11-13(2,16)12-15(3)4/h14,16H,5-12H2,1-4H3. The van der Waals surface area contributed by atoms with E-state index in [1.165, 1.54) is 32.1 Å². The molecule has 0 saturated carbocycles. The summed E-state index contributed by atoms with van der Waals surface area (Å²) in [5.74, 6) is 0. The lowest BCUT2D eigenvalue weighted by Gasteiger charge is -2.27. The maximum atomic E-state index is 10.0. The molecule has 0 amide bonds. The average Bonchev–Trinajstić information content (AvgIpc) is 2.14. The number of aliphatic hydroxyl groups is 1. The van der Waals surface area contributed by atoms with Crippen LogP contribution in [-0.2, 0) is 0 Å². The van der Waals surface area contributed by atoms with E-state index in [-0.39, 0.29) is 0 Å². The third-order valence-corrected chi connectivity index (χ3v) is 2.62. The van der Waals surface area contributed by atoms with Crippen LogP contribution in [-0.4, -0.2) is 49.3 Å². The molecule has 0 aromatic heterocycles. The summed E-state index contributed by atoms with van der Waals surface area (Å²) in [7, 11) is 3.97. The van der Waals surface area contributed by atoms with Gasteiger partial charge in [0, 0.05) is 13.1 Å². The molecule has 0 aliphatic carbocycles. The average molecular weight is 230 g/mol. The highest BCUT2D eigenvalue weighted by Gasteiger charge is 2.20. The van der Waals surface area contributed by atoms with Crippen LogP contribution in [0, 0.1) is 0 Å². The van der Waals surface area contributed by atoms with E-state index in [1.54, 1.807) is 0 Å². The van der Waals surface area contributed by atoms with Crippen LogP contribution in [0.1, 0.15) is 46.0 Å². The molecule has 0 aliphatic heterocycles. The minimum Gasteiger partial charge on any atom is -0.388 e. The van der Waals surface area contributed by atoms with Crippen LogP contribution in [0.5, 0.6) is 0 Å². The van der Waals surface area contributed by atoms with Gasteiger partial charge in [0.05, 0.1) is 5.60 Å². The zero-order valence-electron chi connectivity index (χ0n) is 11.6. The van der Waals surface area contributed by atoms with Crippen molar-refractivity contribution in [3.8, 4) is 0 Å². The van der Waals surface area contributed by atoms with Crippen LogP contribution in [0.15, 0.2) is 0 Å². The summed E-state index contributed by atoms with van der Waals surface area (Å²) >= 11 is 0. The Morgan fingerprint density at radius 3 is 2.31 bits per heavy atom. The lowest BCUT2D eigenvalue weighted by atomic mass is 10.1. The highest BCUT2D eigenvalue weighted by molar-refractivity contribution is 4.77. The van der Waals surface area contributed by atoms with Crippen molar-refractivity contribution in [3.05, 3.63) is 0 Å². The molecule has 0 spiro atoms. The smallest absolute Gasteiger partial charge is 0.0869 e. The molecule has 98 valence electrons. The molecule has 0 saturated heterocycles. The Balaban J connectivity index is 3.36. The number of nitrogens with one attached hydrogen (secondary N) is 1. The number of likely N-dealkylation sites (N-methyl/N-ethyl adjacent to an activating group) is 1. The van der Waals surface area contributed by atoms with Crippen molar-refractivity contribution < 1.29 is 5.11 Å². The van der Waals surface area contributed by atoms with Gasteiger partial charge in [-0.1, -0.05) is 32.6 Å². The monoisotopic (exact) mass is 230 g/mol. The van der Waals surface area contributed by atoms with Gasteiger partial charge in [0.15, 0.2) is 0 Å². The van der Waals surface area contributed by atoms with Crippen molar-refractivity contribution in [1.82, 2.24) is 10.2 Å². The van der Waals surface area contributed by atoms with Gasteiger partial charge >= 0.3 is 0 Å². The van der Waals surface area contributed by atoms with E-state index in [2.05, 4.69) is 12.2 Å². The Hall–Kier alpha value is -0.120. The quantitative estimate of drug-likeness (QED) is 0.562. The van der Waals surface area contributed by atoms with Crippen molar-refractivity contribution in [2.24, 2.45) is 0 Å². The largest absolute Gasteiger partial charge is 0.388 e. The van der Waals surface area contributed by atoms with E-state index < -0.39 is 5.60 Å². The van der Waals surface area contributed by atoms with Crippen molar-refractivity contribution >= 4 is 0 Å². The molecular formula is C13H30N2O. The van der Waals surface area contributed by atoms with E-state index in [0.717, 1.165) is 6.54 Å². The van der Waals surface area contributed by atoms with Crippen LogP contribution < -0.4 is 5.32 Å². The normalized spacial score (nSPS) is 15.4. The summed E-state index contributed by atoms with van der Waals surface area (Å²) in [4.78, 5) is 2.02. The van der Waals surface area contributed by atoms with E-state index in [0.29, 0.717) is 13.1 Å². The first-order valence-corrected chi connectivity index (χ1v) is 6.56. The zero-order chi connectivity index (χ0) is 12.4. The van der Waals surface area contributed by atoms with Gasteiger partial charge in [-0.25, -0.2) is 0 Å². The van der Waals surface area contributed by atoms with Crippen LogP contribution >= 0.6 is 0 Å². The van der Waals surface area contributed by atoms with Gasteiger partial charge in [0.25, 0.3) is 0 Å². The molecule has 0 fully saturated rings. The molecule has 3 nitrogen and oxygen atoms in total. The predicted molar refractivity (Wildman–Crippen MR) is 70.8 cm³/mol. The van der Waals surface area contributed by atoms with Gasteiger partial charge in [0.1, 0.15) is 0 Å². The van der Waals surface area contributed by atoms with Crippen molar-refractivity contribution in [2.75, 3.05) is 33.7 Å². The number of unbranched alkanes of at least 4 members (excludes halogenated alkanes) is 4. The van der Waals surface area contributed by atoms with E-state index >= 15 is 0 Å². The Morgan fingerprint density at radius 1 is 1.12 bits per heavy atom. The molecule has 0 aromatic rings. The second-order valence-electron chi connectivity index (χ2n) is 5.33. The molecule has 0 aliphatic rings. The predicted octanol–water partition coefficient (Wildman–Crippen LogP) is 1.86. The number of rotatable bonds is 10. The topological polar surface area (TPSA) is 35.5 Å². The highest BCUT2D eigenvalue weighted by atomic mass is 16.3. The summed E-state index contributed by atoms with van der Waals surface area (Å²) in [5.41, 5.74) is -0.618. The molecule has 0 heterocycles. The summed E-state index contributed by atoms with van der Waals surface area (Å²) in [5, 5.41) is 13.4. The number of nitrogens with zero attached hydrogens (tertiary/aromatic N) is 1. The van der Waals surface area contributed by atoms with Gasteiger partial charge < -0.3 is 15.3 Å². The maximum absolute atomic E-state index is 10.0. The van der Waals surface area contributed by atoms with Gasteiger partial charge in [-0.2, -0.15) is 0 Å². The third-order valence-electron chi connectivity index (χ3n) is 2.62. The fourth-order valence-electron chi connectivity index (χ4n) is 1.95. The van der Waals surface area contributed by atoms with Crippen molar-refractivity contribution in [1.29, 1.82) is 0 Å². The maximum Gasteiger partial charge on any atom is 0.0869 e. The van der Waals surface area contributed by atoms with Crippen LogP contribution in [0.3, 0.4) is 0 Å². The Kier molecular flexibility index (Phi) is 8.90. The fourth-order valence-corrected chi connectivity index (χ4v) is 1.95. The summed E-state index contributed by atoms with van der Waals surface area (Å²) < 4.78 is 0. The molecule has 1 atom stereocenters. The second-order valence-corrected chi connectivity index (χ2v) is 5.33. The molecular weight excluding hydrogens is 200 g/mol. The van der Waals surface area contributed by atoms with Gasteiger partial charge in [-0.3, -0.25) is 0 Å². The molecule has 16 heavy (non-hydrogen) atoms. The first-order valence-electron chi connectivity index (χ1n) is 6.56. The zero-order valence-corrected chi connectivity index (χ0v) is 11.6. The van der Waals surface area contributed by atoms with Crippen LogP contribution in [0.4, 0.5) is 0 Å². The Labute approximate surface area is 101 Å².